The van der Waals surface area contributed by atoms with E-state index in [-0.39, 0.29) is 11.0 Å². The first kappa shape index (κ1) is 12.3. The van der Waals surface area contributed by atoms with Crippen LogP contribution in [0.3, 0.4) is 0 Å². The van der Waals surface area contributed by atoms with Crippen molar-refractivity contribution in [3.63, 3.8) is 0 Å². The Morgan fingerprint density at radius 2 is 2.33 bits per heavy atom. The molecule has 3 N–H and O–H groups in total. The monoisotopic (exact) mass is 293 g/mol. The van der Waals surface area contributed by atoms with Crippen LogP contribution in [0.4, 0.5) is 10.1 Å². The van der Waals surface area contributed by atoms with Crippen molar-refractivity contribution in [1.29, 1.82) is 0 Å². The Morgan fingerprint density at radius 3 is 2.87 bits per heavy atom. The highest BCUT2D eigenvalue weighted by Crippen LogP contribution is 2.31. The maximum atomic E-state index is 12.9. The van der Waals surface area contributed by atoms with E-state index in [2.05, 4.69) is 26.2 Å². The topological polar surface area (TPSA) is 50.4 Å². The second-order valence-electron chi connectivity index (χ2n) is 2.73. The van der Waals surface area contributed by atoms with Crippen LogP contribution in [0.15, 0.2) is 21.6 Å². The molecule has 0 saturated carbocycles. The average molecular weight is 295 g/mol. The lowest BCUT2D eigenvalue weighted by molar-refractivity contribution is 0.627. The molecule has 0 saturated heterocycles. The van der Waals surface area contributed by atoms with Gasteiger partial charge in [-0.1, -0.05) is 11.6 Å². The molecule has 1 aromatic rings. The van der Waals surface area contributed by atoms with Crippen molar-refractivity contribution in [1.82, 2.24) is 0 Å². The van der Waals surface area contributed by atoms with E-state index in [1.807, 2.05) is 6.92 Å². The minimum Gasteiger partial charge on any atom is -0.370 e. The SMILES string of the molecule is CCN=C(N)Nc1c(Cl)cc(F)cc1Br. The third-order valence-corrected chi connectivity index (χ3v) is 2.51. The van der Waals surface area contributed by atoms with E-state index in [0.717, 1.165) is 0 Å². The summed E-state index contributed by atoms with van der Waals surface area (Å²) in [5, 5.41) is 3.04. The molecule has 15 heavy (non-hydrogen) atoms. The first-order valence-electron chi connectivity index (χ1n) is 4.26. The van der Waals surface area contributed by atoms with E-state index in [1.165, 1.54) is 12.1 Å². The second kappa shape index (κ2) is 5.32. The molecule has 0 amide bonds. The summed E-state index contributed by atoms with van der Waals surface area (Å²) in [6.07, 6.45) is 0. The van der Waals surface area contributed by atoms with Gasteiger partial charge in [0, 0.05) is 11.0 Å². The fraction of sp³-hybridized carbons (Fsp3) is 0.222. The largest absolute Gasteiger partial charge is 0.370 e. The summed E-state index contributed by atoms with van der Waals surface area (Å²) in [5.41, 5.74) is 6.06. The molecule has 0 aromatic heterocycles. The van der Waals surface area contributed by atoms with Gasteiger partial charge >= 0.3 is 0 Å². The van der Waals surface area contributed by atoms with Gasteiger partial charge in [-0.25, -0.2) is 4.39 Å². The minimum absolute atomic E-state index is 0.242. The Kier molecular flexibility index (Phi) is 4.35. The van der Waals surface area contributed by atoms with E-state index < -0.39 is 5.82 Å². The number of anilines is 1. The molecule has 3 nitrogen and oxygen atoms in total. The van der Waals surface area contributed by atoms with Crippen molar-refractivity contribution in [2.45, 2.75) is 6.92 Å². The molecule has 0 spiro atoms. The van der Waals surface area contributed by atoms with Gasteiger partial charge in [-0.15, -0.1) is 0 Å². The maximum Gasteiger partial charge on any atom is 0.193 e. The third-order valence-electron chi connectivity index (χ3n) is 1.59. The molecule has 82 valence electrons. The third kappa shape index (κ3) is 3.35. The molecule has 0 bridgehead atoms. The summed E-state index contributed by atoms with van der Waals surface area (Å²) < 4.78 is 13.4. The number of nitrogens with one attached hydrogen (secondary N) is 1. The van der Waals surface area contributed by atoms with Crippen molar-refractivity contribution in [2.24, 2.45) is 10.7 Å². The highest BCUT2D eigenvalue weighted by Gasteiger charge is 2.08. The number of aliphatic imine (C=N–C) groups is 1. The van der Waals surface area contributed by atoms with Gasteiger partial charge in [-0.2, -0.15) is 0 Å². The lowest BCUT2D eigenvalue weighted by Crippen LogP contribution is -2.23. The van der Waals surface area contributed by atoms with Crippen LogP contribution in [0.2, 0.25) is 5.02 Å². The molecular formula is C9H10BrClFN3. The molecule has 0 radical (unpaired) electrons. The quantitative estimate of drug-likeness (QED) is 0.651. The van der Waals surface area contributed by atoms with Gasteiger partial charge < -0.3 is 11.1 Å². The molecule has 6 heteroatoms. The standard InChI is InChI=1S/C9H10BrClFN3/c1-2-14-9(13)15-8-6(10)3-5(12)4-7(8)11/h3-4H,2H2,1H3,(H3,13,14,15). The number of guanidine groups is 1. The second-order valence-corrected chi connectivity index (χ2v) is 3.99. The predicted octanol–water partition coefficient (Wildman–Crippen LogP) is 2.99. The molecule has 0 aliphatic carbocycles. The lowest BCUT2D eigenvalue weighted by atomic mass is 10.3. The van der Waals surface area contributed by atoms with E-state index in [0.29, 0.717) is 16.7 Å². The van der Waals surface area contributed by atoms with Crippen molar-refractivity contribution in [2.75, 3.05) is 11.9 Å². The Balaban J connectivity index is 3.00. The smallest absolute Gasteiger partial charge is 0.193 e. The average Bonchev–Trinajstić information content (AvgIpc) is 2.11. The zero-order valence-electron chi connectivity index (χ0n) is 8.02. The molecule has 0 aliphatic heterocycles. The van der Waals surface area contributed by atoms with Gasteiger partial charge in [-0.3, -0.25) is 4.99 Å². The van der Waals surface area contributed by atoms with Gasteiger partial charge in [0.1, 0.15) is 5.82 Å². The Hall–Kier alpha value is -0.810. The number of nitrogens with zero attached hydrogens (tertiary/aromatic N) is 1. The number of halogens is 3. The lowest BCUT2D eigenvalue weighted by Gasteiger charge is -2.09. The molecule has 0 fully saturated rings. The summed E-state index contributed by atoms with van der Waals surface area (Å²) in [5.74, 6) is -0.171. The molecule has 0 heterocycles. The first-order chi connectivity index (χ1) is 7.04. The van der Waals surface area contributed by atoms with Crippen molar-refractivity contribution < 1.29 is 4.39 Å². The van der Waals surface area contributed by atoms with Crippen LogP contribution < -0.4 is 11.1 Å². The van der Waals surface area contributed by atoms with Crippen LogP contribution in [-0.2, 0) is 0 Å². The number of hydrogen-bond acceptors (Lipinski definition) is 1. The van der Waals surface area contributed by atoms with Gasteiger partial charge in [0.15, 0.2) is 5.96 Å². The van der Waals surface area contributed by atoms with Crippen LogP contribution in [-0.4, -0.2) is 12.5 Å². The first-order valence-corrected chi connectivity index (χ1v) is 5.43. The Bertz CT molecular complexity index is 372. The summed E-state index contributed by atoms with van der Waals surface area (Å²) in [6.45, 7) is 2.42. The van der Waals surface area contributed by atoms with Crippen molar-refractivity contribution in [3.8, 4) is 0 Å². The molecule has 1 aromatic carbocycles. The van der Waals surface area contributed by atoms with Gasteiger partial charge in [0.25, 0.3) is 0 Å². The van der Waals surface area contributed by atoms with Gasteiger partial charge in [0.2, 0.25) is 0 Å². The predicted molar refractivity (Wildman–Crippen MR) is 64.9 cm³/mol. The number of rotatable bonds is 2. The van der Waals surface area contributed by atoms with Gasteiger partial charge in [0.05, 0.1) is 10.7 Å². The van der Waals surface area contributed by atoms with Crippen molar-refractivity contribution >= 4 is 39.2 Å². The maximum absolute atomic E-state index is 12.9. The number of nitrogens with two attached hydrogens (primary N) is 1. The summed E-state index contributed by atoms with van der Waals surface area (Å²) >= 11 is 9.02. The van der Waals surface area contributed by atoms with Crippen LogP contribution in [0, 0.1) is 5.82 Å². The number of benzene rings is 1. The zero-order valence-corrected chi connectivity index (χ0v) is 10.4. The van der Waals surface area contributed by atoms with Crippen LogP contribution in [0.25, 0.3) is 0 Å². The molecule has 0 atom stereocenters. The van der Waals surface area contributed by atoms with E-state index in [9.17, 15) is 4.39 Å². The molecular weight excluding hydrogens is 284 g/mol. The van der Waals surface area contributed by atoms with E-state index in [4.69, 9.17) is 17.3 Å². The summed E-state index contributed by atoms with van der Waals surface area (Å²) in [6, 6.07) is 2.50. The molecule has 0 aliphatic rings. The minimum atomic E-state index is -0.413. The number of hydrogen-bond donors (Lipinski definition) is 2. The highest BCUT2D eigenvalue weighted by atomic mass is 79.9. The normalized spacial score (nSPS) is 11.6. The molecule has 1 rings (SSSR count). The van der Waals surface area contributed by atoms with E-state index >= 15 is 0 Å². The van der Waals surface area contributed by atoms with Crippen LogP contribution in [0.1, 0.15) is 6.92 Å². The zero-order chi connectivity index (χ0) is 11.4. The fourth-order valence-electron chi connectivity index (χ4n) is 1.000. The van der Waals surface area contributed by atoms with Crippen LogP contribution in [0.5, 0.6) is 0 Å². The van der Waals surface area contributed by atoms with Gasteiger partial charge in [-0.05, 0) is 35.0 Å². The van der Waals surface area contributed by atoms with Crippen LogP contribution >= 0.6 is 27.5 Å². The highest BCUT2D eigenvalue weighted by molar-refractivity contribution is 9.10. The van der Waals surface area contributed by atoms with Crippen molar-refractivity contribution in [3.05, 3.63) is 27.4 Å². The molecule has 0 unspecified atom stereocenters. The summed E-state index contributed by atoms with van der Waals surface area (Å²) in [7, 11) is 0. The Morgan fingerprint density at radius 1 is 1.67 bits per heavy atom. The van der Waals surface area contributed by atoms with E-state index in [1.54, 1.807) is 0 Å². The summed E-state index contributed by atoms with van der Waals surface area (Å²) in [4.78, 5) is 3.93. The Labute approximate surface area is 101 Å². The fourth-order valence-corrected chi connectivity index (χ4v) is 1.90.